The quantitative estimate of drug-likeness (QED) is 0.850. The largest absolute Gasteiger partial charge is 0.481 e. The van der Waals surface area contributed by atoms with Gasteiger partial charge in [0.15, 0.2) is 0 Å². The summed E-state index contributed by atoms with van der Waals surface area (Å²) in [4.78, 5) is 12.0. The molecular formula is C12H14O2S. The Morgan fingerprint density at radius 1 is 1.40 bits per heavy atom. The summed E-state index contributed by atoms with van der Waals surface area (Å²) in [6, 6.07) is 7.89. The van der Waals surface area contributed by atoms with Crippen molar-refractivity contribution in [3.8, 4) is 0 Å². The third kappa shape index (κ3) is 2.75. The van der Waals surface area contributed by atoms with E-state index in [4.69, 9.17) is 5.11 Å². The number of hydrogen-bond donors (Lipinski definition) is 1. The van der Waals surface area contributed by atoms with Gasteiger partial charge in [-0.2, -0.15) is 0 Å². The van der Waals surface area contributed by atoms with Crippen molar-refractivity contribution in [2.24, 2.45) is 0 Å². The van der Waals surface area contributed by atoms with E-state index in [0.717, 1.165) is 10.8 Å². The van der Waals surface area contributed by atoms with Gasteiger partial charge >= 0.3 is 5.97 Å². The summed E-state index contributed by atoms with van der Waals surface area (Å²) in [6.45, 7) is 1.71. The molecule has 1 atom stereocenters. The van der Waals surface area contributed by atoms with Crippen LogP contribution in [0.15, 0.2) is 29.2 Å². The standard InChI is InChI=1S/C12H14O2S/c1-8(12(13)14)9-2-4-10(5-3-9)15-11-6-7-11/h2-5,8,11H,6-7H2,1H3,(H,13,14). The van der Waals surface area contributed by atoms with E-state index in [9.17, 15) is 4.79 Å². The Bertz CT molecular complexity index is 354. The molecule has 0 radical (unpaired) electrons. The zero-order chi connectivity index (χ0) is 10.8. The average molecular weight is 222 g/mol. The first-order valence-electron chi connectivity index (χ1n) is 5.16. The van der Waals surface area contributed by atoms with Gasteiger partial charge in [0, 0.05) is 10.1 Å². The maximum absolute atomic E-state index is 10.8. The monoisotopic (exact) mass is 222 g/mol. The summed E-state index contributed by atoms with van der Waals surface area (Å²) in [7, 11) is 0. The van der Waals surface area contributed by atoms with E-state index in [-0.39, 0.29) is 0 Å². The van der Waals surface area contributed by atoms with Crippen molar-refractivity contribution in [3.63, 3.8) is 0 Å². The van der Waals surface area contributed by atoms with Crippen molar-refractivity contribution in [2.75, 3.05) is 0 Å². The predicted molar refractivity (Wildman–Crippen MR) is 61.4 cm³/mol. The Labute approximate surface area is 93.7 Å². The topological polar surface area (TPSA) is 37.3 Å². The Morgan fingerprint density at radius 2 is 2.00 bits per heavy atom. The highest BCUT2D eigenvalue weighted by molar-refractivity contribution is 8.00. The number of benzene rings is 1. The van der Waals surface area contributed by atoms with Gasteiger partial charge in [0.25, 0.3) is 0 Å². The van der Waals surface area contributed by atoms with E-state index in [2.05, 4.69) is 0 Å². The molecule has 2 rings (SSSR count). The number of carboxylic acid groups (broad SMARTS) is 1. The molecule has 0 amide bonds. The number of aliphatic carboxylic acids is 1. The maximum atomic E-state index is 10.8. The molecular weight excluding hydrogens is 208 g/mol. The summed E-state index contributed by atoms with van der Waals surface area (Å²) in [5.74, 6) is -1.18. The van der Waals surface area contributed by atoms with Gasteiger partial charge in [0.1, 0.15) is 0 Å². The van der Waals surface area contributed by atoms with Crippen molar-refractivity contribution in [1.29, 1.82) is 0 Å². The average Bonchev–Trinajstić information content (AvgIpc) is 3.02. The van der Waals surface area contributed by atoms with Crippen molar-refractivity contribution in [3.05, 3.63) is 29.8 Å². The van der Waals surface area contributed by atoms with Crippen molar-refractivity contribution in [1.82, 2.24) is 0 Å². The molecule has 1 fully saturated rings. The lowest BCUT2D eigenvalue weighted by molar-refractivity contribution is -0.138. The number of carboxylic acids is 1. The second-order valence-corrected chi connectivity index (χ2v) is 5.32. The molecule has 0 heterocycles. The van der Waals surface area contributed by atoms with Gasteiger partial charge in [-0.3, -0.25) is 4.79 Å². The van der Waals surface area contributed by atoms with Crippen LogP contribution in [0.25, 0.3) is 0 Å². The molecule has 1 N–H and O–H groups in total. The fourth-order valence-corrected chi connectivity index (χ4v) is 2.41. The third-order valence-electron chi connectivity index (χ3n) is 2.58. The zero-order valence-electron chi connectivity index (χ0n) is 8.64. The second-order valence-electron chi connectivity index (χ2n) is 3.95. The highest BCUT2D eigenvalue weighted by Gasteiger charge is 2.22. The van der Waals surface area contributed by atoms with Gasteiger partial charge in [-0.25, -0.2) is 0 Å². The Hall–Kier alpha value is -0.960. The van der Waals surface area contributed by atoms with Crippen LogP contribution >= 0.6 is 11.8 Å². The highest BCUT2D eigenvalue weighted by Crippen LogP contribution is 2.39. The van der Waals surface area contributed by atoms with E-state index in [1.165, 1.54) is 17.7 Å². The lowest BCUT2D eigenvalue weighted by Crippen LogP contribution is -2.06. The van der Waals surface area contributed by atoms with Gasteiger partial charge in [-0.05, 0) is 37.5 Å². The number of rotatable bonds is 4. The fourth-order valence-electron chi connectivity index (χ4n) is 1.36. The molecule has 3 heteroatoms. The molecule has 1 aliphatic rings. The molecule has 80 valence electrons. The van der Waals surface area contributed by atoms with Crippen LogP contribution in [0.4, 0.5) is 0 Å². The molecule has 0 bridgehead atoms. The number of carbonyl (C=O) groups is 1. The van der Waals surface area contributed by atoms with Crippen LogP contribution in [0.2, 0.25) is 0 Å². The molecule has 0 aromatic heterocycles. The third-order valence-corrected chi connectivity index (χ3v) is 3.93. The first kappa shape index (κ1) is 10.6. The van der Waals surface area contributed by atoms with Gasteiger partial charge in [-0.15, -0.1) is 11.8 Å². The van der Waals surface area contributed by atoms with E-state index in [1.54, 1.807) is 6.92 Å². The Kier molecular flexibility index (Phi) is 3.00. The lowest BCUT2D eigenvalue weighted by Gasteiger charge is -2.07. The molecule has 1 unspecified atom stereocenters. The van der Waals surface area contributed by atoms with Crippen LogP contribution in [-0.2, 0) is 4.79 Å². The van der Waals surface area contributed by atoms with Gasteiger partial charge in [0.2, 0.25) is 0 Å². The molecule has 0 spiro atoms. The SMILES string of the molecule is CC(C(=O)O)c1ccc(SC2CC2)cc1. The van der Waals surface area contributed by atoms with E-state index in [0.29, 0.717) is 0 Å². The van der Waals surface area contributed by atoms with Crippen LogP contribution in [-0.4, -0.2) is 16.3 Å². The minimum Gasteiger partial charge on any atom is -0.481 e. The summed E-state index contributed by atoms with van der Waals surface area (Å²) in [5.41, 5.74) is 0.877. The summed E-state index contributed by atoms with van der Waals surface area (Å²) >= 11 is 1.89. The van der Waals surface area contributed by atoms with Crippen molar-refractivity contribution >= 4 is 17.7 Å². The molecule has 1 aliphatic carbocycles. The van der Waals surface area contributed by atoms with E-state index < -0.39 is 11.9 Å². The van der Waals surface area contributed by atoms with Crippen LogP contribution in [0.1, 0.15) is 31.2 Å². The van der Waals surface area contributed by atoms with Gasteiger partial charge in [0.05, 0.1) is 5.92 Å². The molecule has 1 aromatic rings. The van der Waals surface area contributed by atoms with Crippen molar-refractivity contribution < 1.29 is 9.90 Å². The number of thioether (sulfide) groups is 1. The minimum absolute atomic E-state index is 0.412. The van der Waals surface area contributed by atoms with Crippen LogP contribution in [0.3, 0.4) is 0 Å². The van der Waals surface area contributed by atoms with Crippen LogP contribution < -0.4 is 0 Å². The van der Waals surface area contributed by atoms with Crippen LogP contribution in [0.5, 0.6) is 0 Å². The predicted octanol–water partition coefficient (Wildman–Crippen LogP) is 3.13. The summed E-state index contributed by atoms with van der Waals surface area (Å²) in [6.07, 6.45) is 2.63. The zero-order valence-corrected chi connectivity index (χ0v) is 9.46. The molecule has 0 saturated heterocycles. The smallest absolute Gasteiger partial charge is 0.310 e. The molecule has 0 aliphatic heterocycles. The minimum atomic E-state index is -0.766. The molecule has 1 saturated carbocycles. The maximum Gasteiger partial charge on any atom is 0.310 e. The summed E-state index contributed by atoms with van der Waals surface area (Å²) in [5, 5.41) is 9.65. The first-order chi connectivity index (χ1) is 7.16. The normalized spacial score (nSPS) is 17.4. The van der Waals surface area contributed by atoms with Crippen molar-refractivity contribution in [2.45, 2.75) is 35.8 Å². The Morgan fingerprint density at radius 3 is 2.47 bits per heavy atom. The van der Waals surface area contributed by atoms with E-state index in [1.807, 2.05) is 36.0 Å². The van der Waals surface area contributed by atoms with E-state index >= 15 is 0 Å². The first-order valence-corrected chi connectivity index (χ1v) is 6.04. The van der Waals surface area contributed by atoms with Crippen LogP contribution in [0, 0.1) is 0 Å². The molecule has 2 nitrogen and oxygen atoms in total. The fraction of sp³-hybridized carbons (Fsp3) is 0.417. The molecule has 15 heavy (non-hydrogen) atoms. The Balaban J connectivity index is 2.05. The highest BCUT2D eigenvalue weighted by atomic mass is 32.2. The number of hydrogen-bond acceptors (Lipinski definition) is 2. The molecule has 1 aromatic carbocycles. The summed E-state index contributed by atoms with van der Waals surface area (Å²) < 4.78 is 0. The lowest BCUT2D eigenvalue weighted by atomic mass is 10.0. The van der Waals surface area contributed by atoms with Gasteiger partial charge in [-0.1, -0.05) is 12.1 Å². The van der Waals surface area contributed by atoms with Gasteiger partial charge < -0.3 is 5.11 Å². The second kappa shape index (κ2) is 4.27.